The van der Waals surface area contributed by atoms with Gasteiger partial charge in [-0.3, -0.25) is 0 Å². The van der Waals surface area contributed by atoms with Crippen molar-refractivity contribution in [3.8, 4) is 11.1 Å². The molecule has 0 saturated carbocycles. The Kier molecular flexibility index (Phi) is 3.16. The zero-order chi connectivity index (χ0) is 12.4. The summed E-state index contributed by atoms with van der Waals surface area (Å²) in [5.74, 6) is -1.01. The van der Waals surface area contributed by atoms with Crippen molar-refractivity contribution in [2.24, 2.45) is 0 Å². The third-order valence-electron chi connectivity index (χ3n) is 2.65. The molecule has 2 aromatic rings. The highest BCUT2D eigenvalue weighted by atomic mass is 35.5. The summed E-state index contributed by atoms with van der Waals surface area (Å²) in [7, 11) is 0. The molecule has 0 aliphatic carbocycles. The Morgan fingerprint density at radius 1 is 1.18 bits per heavy atom. The molecule has 0 atom stereocenters. The minimum absolute atomic E-state index is 0.132. The fourth-order valence-electron chi connectivity index (χ4n) is 1.75. The molecule has 17 heavy (non-hydrogen) atoms. The molecule has 0 unspecified atom stereocenters. The van der Waals surface area contributed by atoms with Gasteiger partial charge in [0.15, 0.2) is 0 Å². The second kappa shape index (κ2) is 4.60. The van der Waals surface area contributed by atoms with E-state index in [2.05, 4.69) is 0 Å². The van der Waals surface area contributed by atoms with E-state index in [0.29, 0.717) is 0 Å². The Labute approximate surface area is 104 Å². The first-order valence-electron chi connectivity index (χ1n) is 5.18. The van der Waals surface area contributed by atoms with E-state index >= 15 is 0 Å². The molecule has 3 heteroatoms. The highest BCUT2D eigenvalue weighted by Gasteiger charge is 2.10. The van der Waals surface area contributed by atoms with E-state index in [0.717, 1.165) is 16.7 Å². The van der Waals surface area contributed by atoms with E-state index in [1.54, 1.807) is 12.1 Å². The van der Waals surface area contributed by atoms with Crippen LogP contribution in [0, 0.1) is 6.92 Å². The standard InChI is InChI=1S/C14H11ClO2/c1-9-4-2-3-5-11(9)10-6-7-13(15)12(8-10)14(16)17/h2-8H,1H3,(H,16,17). The van der Waals surface area contributed by atoms with Crippen LogP contribution in [-0.2, 0) is 0 Å². The number of hydrogen-bond acceptors (Lipinski definition) is 1. The maximum absolute atomic E-state index is 11.0. The summed E-state index contributed by atoms with van der Waals surface area (Å²) >= 11 is 5.84. The fraction of sp³-hybridized carbons (Fsp3) is 0.0714. The molecule has 1 N–H and O–H groups in total. The zero-order valence-electron chi connectivity index (χ0n) is 9.27. The van der Waals surface area contributed by atoms with Gasteiger partial charge in [-0.2, -0.15) is 0 Å². The van der Waals surface area contributed by atoms with Gasteiger partial charge in [0.1, 0.15) is 0 Å². The summed E-state index contributed by atoms with van der Waals surface area (Å²) < 4.78 is 0. The van der Waals surface area contributed by atoms with Crippen molar-refractivity contribution in [1.82, 2.24) is 0 Å². The van der Waals surface area contributed by atoms with Gasteiger partial charge >= 0.3 is 5.97 Å². The molecule has 0 aliphatic heterocycles. The lowest BCUT2D eigenvalue weighted by molar-refractivity contribution is 0.0697. The summed E-state index contributed by atoms with van der Waals surface area (Å²) in [6.07, 6.45) is 0. The number of aromatic carboxylic acids is 1. The molecule has 0 aliphatic rings. The monoisotopic (exact) mass is 246 g/mol. The van der Waals surface area contributed by atoms with E-state index < -0.39 is 5.97 Å². The van der Waals surface area contributed by atoms with Crippen LogP contribution in [-0.4, -0.2) is 11.1 Å². The predicted molar refractivity (Wildman–Crippen MR) is 68.6 cm³/mol. The summed E-state index contributed by atoms with van der Waals surface area (Å²) in [5, 5.41) is 9.28. The van der Waals surface area contributed by atoms with E-state index in [1.807, 2.05) is 37.3 Å². The van der Waals surface area contributed by atoms with E-state index in [-0.39, 0.29) is 10.6 Å². The molecule has 0 fully saturated rings. The van der Waals surface area contributed by atoms with Crippen LogP contribution in [0.2, 0.25) is 5.02 Å². The number of rotatable bonds is 2. The lowest BCUT2D eigenvalue weighted by Crippen LogP contribution is -1.97. The van der Waals surface area contributed by atoms with Gasteiger partial charge in [0, 0.05) is 0 Å². The van der Waals surface area contributed by atoms with Crippen LogP contribution in [0.4, 0.5) is 0 Å². The van der Waals surface area contributed by atoms with E-state index in [9.17, 15) is 4.79 Å². The maximum Gasteiger partial charge on any atom is 0.337 e. The number of aryl methyl sites for hydroxylation is 1. The number of halogens is 1. The first-order chi connectivity index (χ1) is 8.09. The second-order valence-corrected chi connectivity index (χ2v) is 4.22. The van der Waals surface area contributed by atoms with Gasteiger partial charge in [0.2, 0.25) is 0 Å². The number of benzene rings is 2. The number of carboxylic acid groups (broad SMARTS) is 1. The van der Waals surface area contributed by atoms with Crippen molar-refractivity contribution < 1.29 is 9.90 Å². The van der Waals surface area contributed by atoms with Crippen molar-refractivity contribution in [3.05, 3.63) is 58.6 Å². The second-order valence-electron chi connectivity index (χ2n) is 3.81. The SMILES string of the molecule is Cc1ccccc1-c1ccc(Cl)c(C(=O)O)c1. The fourth-order valence-corrected chi connectivity index (χ4v) is 1.95. The van der Waals surface area contributed by atoms with Gasteiger partial charge in [-0.15, -0.1) is 0 Å². The first-order valence-corrected chi connectivity index (χ1v) is 5.56. The van der Waals surface area contributed by atoms with Gasteiger partial charge in [-0.05, 0) is 35.7 Å². The van der Waals surface area contributed by atoms with Crippen molar-refractivity contribution in [2.45, 2.75) is 6.92 Å². The Bertz CT molecular complexity index is 576. The van der Waals surface area contributed by atoms with Crippen LogP contribution in [0.1, 0.15) is 15.9 Å². The molecule has 0 bridgehead atoms. The number of carboxylic acids is 1. The minimum Gasteiger partial charge on any atom is -0.478 e. The van der Waals surface area contributed by atoms with Crippen LogP contribution < -0.4 is 0 Å². The number of hydrogen-bond donors (Lipinski definition) is 1. The highest BCUT2D eigenvalue weighted by molar-refractivity contribution is 6.33. The van der Waals surface area contributed by atoms with Crippen LogP contribution >= 0.6 is 11.6 Å². The number of carbonyl (C=O) groups is 1. The predicted octanol–water partition coefficient (Wildman–Crippen LogP) is 4.01. The Morgan fingerprint density at radius 3 is 2.53 bits per heavy atom. The molecule has 0 spiro atoms. The lowest BCUT2D eigenvalue weighted by atomic mass is 9.99. The third-order valence-corrected chi connectivity index (χ3v) is 2.98. The first kappa shape index (κ1) is 11.7. The van der Waals surface area contributed by atoms with Crippen molar-refractivity contribution in [1.29, 1.82) is 0 Å². The molecule has 0 amide bonds. The normalized spacial score (nSPS) is 10.2. The van der Waals surface area contributed by atoms with Crippen LogP contribution in [0.3, 0.4) is 0 Å². The Hall–Kier alpha value is -1.80. The molecule has 2 nitrogen and oxygen atoms in total. The topological polar surface area (TPSA) is 37.3 Å². The van der Waals surface area contributed by atoms with Gasteiger partial charge in [-0.25, -0.2) is 4.79 Å². The molecule has 2 rings (SSSR count). The molecule has 86 valence electrons. The molecular formula is C14H11ClO2. The van der Waals surface area contributed by atoms with E-state index in [4.69, 9.17) is 16.7 Å². The summed E-state index contributed by atoms with van der Waals surface area (Å²) in [5.41, 5.74) is 3.12. The summed E-state index contributed by atoms with van der Waals surface area (Å²) in [6.45, 7) is 1.99. The third kappa shape index (κ3) is 2.32. The molecule has 0 heterocycles. The molecule has 2 aromatic carbocycles. The zero-order valence-corrected chi connectivity index (χ0v) is 10.0. The average molecular weight is 247 g/mol. The van der Waals surface area contributed by atoms with Crippen molar-refractivity contribution >= 4 is 17.6 Å². The molecule has 0 saturated heterocycles. The summed E-state index contributed by atoms with van der Waals surface area (Å²) in [4.78, 5) is 11.0. The molecule has 0 radical (unpaired) electrons. The lowest BCUT2D eigenvalue weighted by Gasteiger charge is -2.07. The van der Waals surface area contributed by atoms with Gasteiger partial charge in [-0.1, -0.05) is 41.9 Å². The van der Waals surface area contributed by atoms with Crippen LogP contribution in [0.15, 0.2) is 42.5 Å². The molecular weight excluding hydrogens is 236 g/mol. The average Bonchev–Trinajstić information content (AvgIpc) is 2.30. The van der Waals surface area contributed by atoms with Crippen LogP contribution in [0.5, 0.6) is 0 Å². The highest BCUT2D eigenvalue weighted by Crippen LogP contribution is 2.27. The van der Waals surface area contributed by atoms with Gasteiger partial charge in [0.05, 0.1) is 10.6 Å². The quantitative estimate of drug-likeness (QED) is 0.869. The van der Waals surface area contributed by atoms with Gasteiger partial charge < -0.3 is 5.11 Å². The Morgan fingerprint density at radius 2 is 1.88 bits per heavy atom. The Balaban J connectivity index is 2.58. The van der Waals surface area contributed by atoms with Crippen molar-refractivity contribution in [2.75, 3.05) is 0 Å². The van der Waals surface area contributed by atoms with Crippen molar-refractivity contribution in [3.63, 3.8) is 0 Å². The largest absolute Gasteiger partial charge is 0.478 e. The maximum atomic E-state index is 11.0. The smallest absolute Gasteiger partial charge is 0.337 e. The molecule has 0 aromatic heterocycles. The minimum atomic E-state index is -1.01. The van der Waals surface area contributed by atoms with Crippen LogP contribution in [0.25, 0.3) is 11.1 Å². The summed E-state index contributed by atoms with van der Waals surface area (Å²) in [6, 6.07) is 12.9. The van der Waals surface area contributed by atoms with Gasteiger partial charge in [0.25, 0.3) is 0 Å². The van der Waals surface area contributed by atoms with E-state index in [1.165, 1.54) is 0 Å².